The predicted octanol–water partition coefficient (Wildman–Crippen LogP) is 13.3. The number of hydrogen-bond donors (Lipinski definition) is 0. The van der Waals surface area contributed by atoms with Crippen LogP contribution in [0, 0.1) is 0 Å². The number of benzene rings is 8. The zero-order chi connectivity index (χ0) is 40.5. The topological polar surface area (TPSA) is 90.5 Å². The number of aromatic nitrogens is 6. The summed E-state index contributed by atoms with van der Waals surface area (Å²) in [5.41, 5.74) is 11.1. The van der Waals surface area contributed by atoms with Gasteiger partial charge in [-0.15, -0.1) is 0 Å². The van der Waals surface area contributed by atoms with Gasteiger partial charge < -0.3 is 4.42 Å². The molecule has 7 nitrogen and oxygen atoms in total. The molecule has 0 radical (unpaired) electrons. The lowest BCUT2D eigenvalue weighted by atomic mass is 9.98. The van der Waals surface area contributed by atoms with Gasteiger partial charge in [-0.25, -0.2) is 29.9 Å². The van der Waals surface area contributed by atoms with Crippen molar-refractivity contribution in [1.82, 2.24) is 29.9 Å². The SMILES string of the molecule is c1ccc(-c2nc(-c3ccccc3)nc(-c3ccc(-c4cccc5c4oc4c(-c6cccc(-c7nc(-c8ccccc8)nc(-c8ccccc8)n7)c6)cccc45)cc3)n2)cc1. The summed E-state index contributed by atoms with van der Waals surface area (Å²) in [6.07, 6.45) is 0. The van der Waals surface area contributed by atoms with Gasteiger partial charge in [-0.1, -0.05) is 200 Å². The molecule has 0 amide bonds. The molecule has 0 aliphatic rings. The van der Waals surface area contributed by atoms with Gasteiger partial charge in [0, 0.05) is 55.3 Å². The zero-order valence-electron chi connectivity index (χ0n) is 32.7. The van der Waals surface area contributed by atoms with Gasteiger partial charge in [-0.2, -0.15) is 0 Å². The minimum absolute atomic E-state index is 0.599. The largest absolute Gasteiger partial charge is 0.455 e. The van der Waals surface area contributed by atoms with Crippen LogP contribution >= 0.6 is 0 Å². The minimum Gasteiger partial charge on any atom is -0.455 e. The van der Waals surface area contributed by atoms with Crippen molar-refractivity contribution >= 4 is 21.9 Å². The zero-order valence-corrected chi connectivity index (χ0v) is 32.7. The summed E-state index contributed by atoms with van der Waals surface area (Å²) in [6.45, 7) is 0. The molecule has 8 aromatic carbocycles. The fourth-order valence-corrected chi connectivity index (χ4v) is 7.77. The van der Waals surface area contributed by atoms with Crippen LogP contribution in [0.15, 0.2) is 211 Å². The third kappa shape index (κ3) is 6.90. The first-order valence-corrected chi connectivity index (χ1v) is 20.1. The van der Waals surface area contributed by atoms with E-state index in [1.54, 1.807) is 0 Å². The number of rotatable bonds is 8. The number of nitrogens with zero attached hydrogens (tertiary/aromatic N) is 6. The Bertz CT molecular complexity index is 3220. The molecule has 11 rings (SSSR count). The molecule has 0 aliphatic heterocycles. The van der Waals surface area contributed by atoms with Crippen LogP contribution in [0.3, 0.4) is 0 Å². The molecule has 0 N–H and O–H groups in total. The van der Waals surface area contributed by atoms with Gasteiger partial charge in [0.15, 0.2) is 34.9 Å². The van der Waals surface area contributed by atoms with Crippen LogP contribution < -0.4 is 0 Å². The highest BCUT2D eigenvalue weighted by molar-refractivity contribution is 6.13. The van der Waals surface area contributed by atoms with Crippen LogP contribution in [-0.4, -0.2) is 29.9 Å². The molecule has 0 spiro atoms. The van der Waals surface area contributed by atoms with E-state index in [-0.39, 0.29) is 0 Å². The summed E-state index contributed by atoms with van der Waals surface area (Å²) in [4.78, 5) is 29.6. The van der Waals surface area contributed by atoms with Crippen LogP contribution in [0.1, 0.15) is 0 Å². The summed E-state index contributed by atoms with van der Waals surface area (Å²) in [7, 11) is 0. The van der Waals surface area contributed by atoms with E-state index in [9.17, 15) is 0 Å². The maximum Gasteiger partial charge on any atom is 0.164 e. The van der Waals surface area contributed by atoms with Crippen molar-refractivity contribution in [3.05, 3.63) is 206 Å². The van der Waals surface area contributed by atoms with E-state index in [0.717, 1.165) is 77.6 Å². The predicted molar refractivity (Wildman–Crippen MR) is 244 cm³/mol. The molecular formula is C54H34N6O. The van der Waals surface area contributed by atoms with Crippen molar-refractivity contribution in [2.75, 3.05) is 0 Å². The van der Waals surface area contributed by atoms with Crippen molar-refractivity contribution in [2.24, 2.45) is 0 Å². The summed E-state index contributed by atoms with van der Waals surface area (Å²) < 4.78 is 6.89. The highest BCUT2D eigenvalue weighted by Gasteiger charge is 2.18. The Morgan fingerprint density at radius 3 is 0.934 bits per heavy atom. The standard InChI is InChI=1S/C54H34N6O/c1-5-16-36(17-6-1)49-55-50(37-18-7-2-8-19-37)58-53(57-49)40-32-30-35(31-33-40)43-26-14-28-45-46-29-15-27-44(48(46)61-47(43)45)41-24-13-25-42(34-41)54-59-51(38-20-9-3-10-21-38)56-52(60-54)39-22-11-4-12-23-39/h1-34H. The van der Waals surface area contributed by atoms with E-state index in [1.807, 2.05) is 133 Å². The highest BCUT2D eigenvalue weighted by atomic mass is 16.3. The molecule has 61 heavy (non-hydrogen) atoms. The first-order chi connectivity index (χ1) is 30.2. The monoisotopic (exact) mass is 782 g/mol. The Hall–Kier alpha value is -8.42. The van der Waals surface area contributed by atoms with E-state index >= 15 is 0 Å². The third-order valence-electron chi connectivity index (χ3n) is 10.8. The lowest BCUT2D eigenvalue weighted by molar-refractivity contribution is 0.671. The smallest absolute Gasteiger partial charge is 0.164 e. The molecule has 0 fully saturated rings. The van der Waals surface area contributed by atoms with E-state index in [0.29, 0.717) is 34.9 Å². The molecule has 3 heterocycles. The fourth-order valence-electron chi connectivity index (χ4n) is 7.77. The molecule has 0 saturated heterocycles. The normalized spacial score (nSPS) is 11.3. The number of furan rings is 1. The molecule has 0 bridgehead atoms. The molecular weight excluding hydrogens is 749 g/mol. The summed E-state index contributed by atoms with van der Waals surface area (Å²) in [5.74, 6) is 3.71. The molecule has 286 valence electrons. The Balaban J connectivity index is 0.972. The van der Waals surface area contributed by atoms with E-state index < -0.39 is 0 Å². The Labute approximate surface area is 351 Å². The number of para-hydroxylation sites is 2. The average Bonchev–Trinajstić information content (AvgIpc) is 3.74. The average molecular weight is 783 g/mol. The molecule has 3 aromatic heterocycles. The molecule has 0 saturated carbocycles. The summed E-state index contributed by atoms with van der Waals surface area (Å²) in [5, 5.41) is 2.09. The van der Waals surface area contributed by atoms with Crippen LogP contribution in [-0.2, 0) is 0 Å². The molecule has 0 unspecified atom stereocenters. The number of hydrogen-bond acceptors (Lipinski definition) is 7. The van der Waals surface area contributed by atoms with Gasteiger partial charge >= 0.3 is 0 Å². The third-order valence-corrected chi connectivity index (χ3v) is 10.8. The van der Waals surface area contributed by atoms with E-state index in [4.69, 9.17) is 34.3 Å². The van der Waals surface area contributed by atoms with Crippen LogP contribution in [0.4, 0.5) is 0 Å². The van der Waals surface area contributed by atoms with Crippen LogP contribution in [0.25, 0.3) is 113 Å². The van der Waals surface area contributed by atoms with Crippen LogP contribution in [0.5, 0.6) is 0 Å². The summed E-state index contributed by atoms with van der Waals surface area (Å²) >= 11 is 0. The van der Waals surface area contributed by atoms with Gasteiger partial charge in [0.2, 0.25) is 0 Å². The lowest BCUT2D eigenvalue weighted by Crippen LogP contribution is -2.00. The second-order valence-corrected chi connectivity index (χ2v) is 14.7. The fraction of sp³-hybridized carbons (Fsp3) is 0. The second kappa shape index (κ2) is 15.4. The highest BCUT2D eigenvalue weighted by Crippen LogP contribution is 2.41. The van der Waals surface area contributed by atoms with Gasteiger partial charge in [-0.05, 0) is 17.2 Å². The minimum atomic E-state index is 0.599. The Kier molecular flexibility index (Phi) is 9.02. The first-order valence-electron chi connectivity index (χ1n) is 20.1. The molecule has 0 atom stereocenters. The van der Waals surface area contributed by atoms with E-state index in [2.05, 4.69) is 72.8 Å². The molecule has 11 aromatic rings. The maximum atomic E-state index is 6.89. The van der Waals surface area contributed by atoms with Crippen molar-refractivity contribution < 1.29 is 4.42 Å². The summed E-state index contributed by atoms with van der Waals surface area (Å²) in [6, 6.07) is 69.4. The van der Waals surface area contributed by atoms with Crippen molar-refractivity contribution in [3.8, 4) is 90.6 Å². The van der Waals surface area contributed by atoms with Gasteiger partial charge in [-0.3, -0.25) is 0 Å². The number of fused-ring (bicyclic) bond motifs is 3. The maximum absolute atomic E-state index is 6.89. The van der Waals surface area contributed by atoms with Gasteiger partial charge in [0.25, 0.3) is 0 Å². The quantitative estimate of drug-likeness (QED) is 0.152. The van der Waals surface area contributed by atoms with Crippen molar-refractivity contribution in [2.45, 2.75) is 0 Å². The first kappa shape index (κ1) is 35.7. The second-order valence-electron chi connectivity index (χ2n) is 14.7. The van der Waals surface area contributed by atoms with Crippen molar-refractivity contribution in [3.63, 3.8) is 0 Å². The lowest BCUT2D eigenvalue weighted by Gasteiger charge is -2.10. The van der Waals surface area contributed by atoms with E-state index in [1.165, 1.54) is 0 Å². The molecule has 0 aliphatic carbocycles. The van der Waals surface area contributed by atoms with Crippen LogP contribution in [0.2, 0.25) is 0 Å². The molecule has 7 heteroatoms. The van der Waals surface area contributed by atoms with Gasteiger partial charge in [0.05, 0.1) is 0 Å². The van der Waals surface area contributed by atoms with Crippen molar-refractivity contribution in [1.29, 1.82) is 0 Å². The Morgan fingerprint density at radius 1 is 0.230 bits per heavy atom. The van der Waals surface area contributed by atoms with Gasteiger partial charge in [0.1, 0.15) is 11.2 Å². The Morgan fingerprint density at radius 2 is 0.525 bits per heavy atom.